The zero-order valence-electron chi connectivity index (χ0n) is 12.9. The van der Waals surface area contributed by atoms with Crippen LogP contribution in [0, 0.1) is 11.8 Å². The van der Waals surface area contributed by atoms with Gasteiger partial charge < -0.3 is 9.80 Å². The third-order valence-electron chi connectivity index (χ3n) is 3.07. The fraction of sp³-hybridized carbons (Fsp3) is 0.857. The van der Waals surface area contributed by atoms with Crippen molar-refractivity contribution in [3.63, 3.8) is 0 Å². The van der Waals surface area contributed by atoms with Gasteiger partial charge in [-0.2, -0.15) is 0 Å². The molecule has 0 heterocycles. The molecule has 0 aromatic rings. The molecule has 0 N–H and O–H groups in total. The van der Waals surface area contributed by atoms with E-state index >= 15 is 0 Å². The molecule has 0 aliphatic carbocycles. The van der Waals surface area contributed by atoms with Crippen molar-refractivity contribution >= 4 is 11.8 Å². The third kappa shape index (κ3) is 5.07. The number of nitrogens with zero attached hydrogens (tertiary/aromatic N) is 2. The Morgan fingerprint density at radius 1 is 1.00 bits per heavy atom. The van der Waals surface area contributed by atoms with Crippen LogP contribution in [0.1, 0.15) is 40.5 Å². The van der Waals surface area contributed by atoms with Crippen molar-refractivity contribution in [1.82, 2.24) is 9.80 Å². The van der Waals surface area contributed by atoms with Crippen LogP contribution in [0.4, 0.5) is 0 Å². The lowest BCUT2D eigenvalue weighted by molar-refractivity contribution is -0.144. The Balaban J connectivity index is 4.71. The van der Waals surface area contributed by atoms with Crippen LogP contribution >= 0.6 is 0 Å². The van der Waals surface area contributed by atoms with Gasteiger partial charge >= 0.3 is 0 Å². The minimum Gasteiger partial charge on any atom is -0.347 e. The molecule has 0 fully saturated rings. The second kappa shape index (κ2) is 7.39. The van der Waals surface area contributed by atoms with Gasteiger partial charge in [0.15, 0.2) is 0 Å². The quantitative estimate of drug-likeness (QED) is 0.729. The molecular weight excluding hydrogens is 228 g/mol. The Morgan fingerprint density at radius 3 is 1.83 bits per heavy atom. The molecule has 1 unspecified atom stereocenters. The summed E-state index contributed by atoms with van der Waals surface area (Å²) in [6.45, 7) is 8.13. The molecule has 0 radical (unpaired) electrons. The van der Waals surface area contributed by atoms with E-state index in [1.54, 1.807) is 30.9 Å². The molecule has 1 atom stereocenters. The zero-order chi connectivity index (χ0) is 14.5. The van der Waals surface area contributed by atoms with Gasteiger partial charge in [0.1, 0.15) is 6.04 Å². The molecule has 0 saturated heterocycles. The molecule has 2 amide bonds. The molecule has 0 bridgehead atoms. The summed E-state index contributed by atoms with van der Waals surface area (Å²) < 4.78 is 0. The van der Waals surface area contributed by atoms with Crippen molar-refractivity contribution in [2.75, 3.05) is 21.1 Å². The number of carbonyl (C=O) groups is 2. The second-order valence-electron chi connectivity index (χ2n) is 5.86. The fourth-order valence-electron chi connectivity index (χ4n) is 1.91. The van der Waals surface area contributed by atoms with E-state index in [-0.39, 0.29) is 23.8 Å². The number of hydrogen-bond donors (Lipinski definition) is 0. The highest BCUT2D eigenvalue weighted by Crippen LogP contribution is 2.14. The van der Waals surface area contributed by atoms with E-state index in [2.05, 4.69) is 13.8 Å². The van der Waals surface area contributed by atoms with Crippen LogP contribution in [-0.2, 0) is 9.59 Å². The van der Waals surface area contributed by atoms with E-state index in [4.69, 9.17) is 0 Å². The van der Waals surface area contributed by atoms with Crippen LogP contribution in [-0.4, -0.2) is 48.8 Å². The molecule has 18 heavy (non-hydrogen) atoms. The first-order chi connectivity index (χ1) is 8.18. The standard InChI is InChI=1S/C14H28N2O2/c1-10(2)8-9-12(17)16(7)13(11(3)4)14(18)15(5)6/h10-11,13H,8-9H2,1-7H3. The first-order valence-electron chi connectivity index (χ1n) is 6.65. The number of carbonyl (C=O) groups excluding carboxylic acids is 2. The van der Waals surface area contributed by atoms with Crippen molar-refractivity contribution < 1.29 is 9.59 Å². The lowest BCUT2D eigenvalue weighted by Crippen LogP contribution is -2.50. The Hall–Kier alpha value is -1.06. The molecule has 0 aliphatic rings. The van der Waals surface area contributed by atoms with Gasteiger partial charge in [0, 0.05) is 27.6 Å². The average molecular weight is 256 g/mol. The van der Waals surface area contributed by atoms with Crippen LogP contribution in [0.3, 0.4) is 0 Å². The predicted molar refractivity (Wildman–Crippen MR) is 74.2 cm³/mol. The summed E-state index contributed by atoms with van der Waals surface area (Å²) in [7, 11) is 5.18. The van der Waals surface area contributed by atoms with E-state index in [1.807, 2.05) is 13.8 Å². The highest BCUT2D eigenvalue weighted by molar-refractivity contribution is 5.87. The van der Waals surface area contributed by atoms with Gasteiger partial charge in [-0.1, -0.05) is 27.7 Å². The summed E-state index contributed by atoms with van der Waals surface area (Å²) in [5.41, 5.74) is 0. The minimum absolute atomic E-state index is 0.00889. The van der Waals surface area contributed by atoms with Gasteiger partial charge in [0.05, 0.1) is 0 Å². The molecule has 106 valence electrons. The first kappa shape index (κ1) is 16.9. The van der Waals surface area contributed by atoms with E-state index in [0.29, 0.717) is 12.3 Å². The van der Waals surface area contributed by atoms with Crippen molar-refractivity contribution in [1.29, 1.82) is 0 Å². The summed E-state index contributed by atoms with van der Waals surface area (Å²) in [6, 6.07) is -0.361. The second-order valence-corrected chi connectivity index (χ2v) is 5.86. The molecule has 4 nitrogen and oxygen atoms in total. The summed E-state index contributed by atoms with van der Waals surface area (Å²) in [4.78, 5) is 27.3. The van der Waals surface area contributed by atoms with Gasteiger partial charge in [0.25, 0.3) is 0 Å². The Labute approximate surface area is 111 Å². The summed E-state index contributed by atoms with van der Waals surface area (Å²) in [5, 5.41) is 0. The largest absolute Gasteiger partial charge is 0.347 e. The van der Waals surface area contributed by atoms with Crippen LogP contribution < -0.4 is 0 Å². The topological polar surface area (TPSA) is 40.6 Å². The Bertz CT molecular complexity index is 286. The Morgan fingerprint density at radius 2 is 1.50 bits per heavy atom. The van der Waals surface area contributed by atoms with E-state index in [0.717, 1.165) is 6.42 Å². The lowest BCUT2D eigenvalue weighted by atomic mass is 10.0. The zero-order valence-corrected chi connectivity index (χ0v) is 12.9. The van der Waals surface area contributed by atoms with Crippen LogP contribution in [0.25, 0.3) is 0 Å². The van der Waals surface area contributed by atoms with Gasteiger partial charge in [-0.05, 0) is 18.3 Å². The lowest BCUT2D eigenvalue weighted by Gasteiger charge is -2.32. The number of hydrogen-bond acceptors (Lipinski definition) is 2. The molecular formula is C14H28N2O2. The smallest absolute Gasteiger partial charge is 0.245 e. The SMILES string of the molecule is CC(C)CCC(=O)N(C)C(C(=O)N(C)C)C(C)C. The maximum atomic E-state index is 12.1. The van der Waals surface area contributed by atoms with Gasteiger partial charge in [-0.25, -0.2) is 0 Å². The third-order valence-corrected chi connectivity index (χ3v) is 3.07. The maximum Gasteiger partial charge on any atom is 0.245 e. The molecule has 0 spiro atoms. The van der Waals surface area contributed by atoms with Crippen molar-refractivity contribution in [3.8, 4) is 0 Å². The highest BCUT2D eigenvalue weighted by atomic mass is 16.2. The summed E-state index contributed by atoms with van der Waals surface area (Å²) in [6.07, 6.45) is 1.38. The molecule has 0 aromatic heterocycles. The maximum absolute atomic E-state index is 12.1. The van der Waals surface area contributed by atoms with E-state index in [9.17, 15) is 9.59 Å². The van der Waals surface area contributed by atoms with Crippen molar-refractivity contribution in [2.45, 2.75) is 46.6 Å². The van der Waals surface area contributed by atoms with Gasteiger partial charge in [-0.15, -0.1) is 0 Å². The van der Waals surface area contributed by atoms with Gasteiger partial charge in [0.2, 0.25) is 11.8 Å². The number of likely N-dealkylation sites (N-methyl/N-ethyl adjacent to an activating group) is 2. The molecule has 0 aliphatic heterocycles. The number of rotatable bonds is 6. The highest BCUT2D eigenvalue weighted by Gasteiger charge is 2.30. The van der Waals surface area contributed by atoms with Crippen LogP contribution in [0.2, 0.25) is 0 Å². The molecule has 0 aromatic carbocycles. The number of amides is 2. The summed E-state index contributed by atoms with van der Waals surface area (Å²) >= 11 is 0. The van der Waals surface area contributed by atoms with E-state index < -0.39 is 0 Å². The predicted octanol–water partition coefficient (Wildman–Crippen LogP) is 1.99. The normalized spacial score (nSPS) is 12.7. The van der Waals surface area contributed by atoms with Crippen molar-refractivity contribution in [2.24, 2.45) is 11.8 Å². The van der Waals surface area contributed by atoms with E-state index in [1.165, 1.54) is 0 Å². The average Bonchev–Trinajstić information content (AvgIpc) is 2.24. The van der Waals surface area contributed by atoms with Crippen LogP contribution in [0.15, 0.2) is 0 Å². The molecule has 0 saturated carbocycles. The first-order valence-corrected chi connectivity index (χ1v) is 6.65. The monoisotopic (exact) mass is 256 g/mol. The van der Waals surface area contributed by atoms with Crippen LogP contribution in [0.5, 0.6) is 0 Å². The van der Waals surface area contributed by atoms with Crippen molar-refractivity contribution in [3.05, 3.63) is 0 Å². The summed E-state index contributed by atoms with van der Waals surface area (Å²) in [5.74, 6) is 0.667. The molecule has 0 rings (SSSR count). The fourth-order valence-corrected chi connectivity index (χ4v) is 1.91. The molecule has 4 heteroatoms. The Kier molecular flexibility index (Phi) is 6.96. The van der Waals surface area contributed by atoms with Gasteiger partial charge in [-0.3, -0.25) is 9.59 Å². The minimum atomic E-state index is -0.361.